The summed E-state index contributed by atoms with van der Waals surface area (Å²) in [4.78, 5) is 27.9. The maximum atomic E-state index is 12.9. The van der Waals surface area contributed by atoms with Crippen molar-refractivity contribution in [3.05, 3.63) is 35.6 Å². The summed E-state index contributed by atoms with van der Waals surface area (Å²) in [6, 6.07) is 5.85. The van der Waals surface area contributed by atoms with Crippen LogP contribution in [0.1, 0.15) is 24.8 Å². The van der Waals surface area contributed by atoms with Crippen LogP contribution in [0.2, 0.25) is 0 Å². The van der Waals surface area contributed by atoms with Crippen LogP contribution in [-0.2, 0) is 20.7 Å². The number of amides is 2. The SMILES string of the molecule is COCCC1CCN(C(=O)CN(C)C(=O)Cc2ccc(F)cc2)CC1. The number of carbonyl (C=O) groups is 2. The second-order valence-electron chi connectivity index (χ2n) is 6.66. The smallest absolute Gasteiger partial charge is 0.242 e. The van der Waals surface area contributed by atoms with E-state index in [0.717, 1.165) is 44.5 Å². The molecule has 25 heavy (non-hydrogen) atoms. The molecule has 0 saturated carbocycles. The number of ether oxygens (including phenoxy) is 1. The second-order valence-corrected chi connectivity index (χ2v) is 6.66. The van der Waals surface area contributed by atoms with Gasteiger partial charge in [-0.3, -0.25) is 9.59 Å². The van der Waals surface area contributed by atoms with Gasteiger partial charge in [-0.1, -0.05) is 12.1 Å². The summed E-state index contributed by atoms with van der Waals surface area (Å²) in [5.41, 5.74) is 0.740. The Kier molecular flexibility index (Phi) is 7.37. The fourth-order valence-electron chi connectivity index (χ4n) is 3.06. The van der Waals surface area contributed by atoms with Crippen molar-refractivity contribution in [2.45, 2.75) is 25.7 Å². The number of halogens is 1. The molecule has 1 aliphatic rings. The zero-order chi connectivity index (χ0) is 18.2. The molecular formula is C19H27FN2O3. The van der Waals surface area contributed by atoms with Crippen molar-refractivity contribution in [2.75, 3.05) is 40.4 Å². The minimum atomic E-state index is -0.325. The van der Waals surface area contributed by atoms with E-state index in [4.69, 9.17) is 4.74 Å². The van der Waals surface area contributed by atoms with Gasteiger partial charge in [-0.15, -0.1) is 0 Å². The van der Waals surface area contributed by atoms with Crippen molar-refractivity contribution in [1.29, 1.82) is 0 Å². The highest BCUT2D eigenvalue weighted by Crippen LogP contribution is 2.20. The van der Waals surface area contributed by atoms with Crippen LogP contribution < -0.4 is 0 Å². The van der Waals surface area contributed by atoms with Crippen LogP contribution in [0.25, 0.3) is 0 Å². The van der Waals surface area contributed by atoms with Crippen molar-refractivity contribution in [3.63, 3.8) is 0 Å². The monoisotopic (exact) mass is 350 g/mol. The van der Waals surface area contributed by atoms with Crippen molar-refractivity contribution < 1.29 is 18.7 Å². The van der Waals surface area contributed by atoms with Crippen LogP contribution in [0, 0.1) is 11.7 Å². The molecule has 1 saturated heterocycles. The van der Waals surface area contributed by atoms with E-state index in [9.17, 15) is 14.0 Å². The Morgan fingerprint density at radius 1 is 1.24 bits per heavy atom. The molecule has 0 N–H and O–H groups in total. The fraction of sp³-hybridized carbons (Fsp3) is 0.579. The van der Waals surface area contributed by atoms with E-state index in [1.165, 1.54) is 17.0 Å². The number of piperidine rings is 1. The molecular weight excluding hydrogens is 323 g/mol. The molecule has 1 heterocycles. The van der Waals surface area contributed by atoms with Gasteiger partial charge >= 0.3 is 0 Å². The zero-order valence-corrected chi connectivity index (χ0v) is 15.0. The molecule has 1 aromatic carbocycles. The molecule has 0 aliphatic carbocycles. The lowest BCUT2D eigenvalue weighted by molar-refractivity contribution is -0.140. The Bertz CT molecular complexity index is 569. The van der Waals surface area contributed by atoms with E-state index < -0.39 is 0 Å². The average Bonchev–Trinajstić information content (AvgIpc) is 2.62. The molecule has 1 aromatic rings. The van der Waals surface area contributed by atoms with Gasteiger partial charge in [0.25, 0.3) is 0 Å². The highest BCUT2D eigenvalue weighted by atomic mass is 19.1. The minimum absolute atomic E-state index is 0.0138. The molecule has 2 amide bonds. The highest BCUT2D eigenvalue weighted by Gasteiger charge is 2.24. The summed E-state index contributed by atoms with van der Waals surface area (Å²) in [5.74, 6) is 0.130. The van der Waals surface area contributed by atoms with E-state index in [-0.39, 0.29) is 30.6 Å². The summed E-state index contributed by atoms with van der Waals surface area (Å²) in [7, 11) is 3.34. The second kappa shape index (κ2) is 9.51. The molecule has 6 heteroatoms. The maximum absolute atomic E-state index is 12.9. The van der Waals surface area contributed by atoms with Gasteiger partial charge in [0.1, 0.15) is 5.82 Å². The topological polar surface area (TPSA) is 49.9 Å². The van der Waals surface area contributed by atoms with Gasteiger partial charge in [0.15, 0.2) is 0 Å². The normalized spacial score (nSPS) is 15.2. The van der Waals surface area contributed by atoms with E-state index in [2.05, 4.69) is 0 Å². The Hall–Kier alpha value is -1.95. The number of benzene rings is 1. The van der Waals surface area contributed by atoms with Crippen LogP contribution in [0.5, 0.6) is 0 Å². The first-order valence-corrected chi connectivity index (χ1v) is 8.74. The first-order valence-electron chi connectivity index (χ1n) is 8.74. The van der Waals surface area contributed by atoms with Gasteiger partial charge in [-0.25, -0.2) is 4.39 Å². The first-order chi connectivity index (χ1) is 12.0. The maximum Gasteiger partial charge on any atom is 0.242 e. The summed E-state index contributed by atoms with van der Waals surface area (Å²) in [6.07, 6.45) is 3.18. The number of methoxy groups -OCH3 is 1. The molecule has 0 atom stereocenters. The zero-order valence-electron chi connectivity index (χ0n) is 15.0. The van der Waals surface area contributed by atoms with Gasteiger partial charge in [0.05, 0.1) is 13.0 Å². The van der Waals surface area contributed by atoms with Crippen LogP contribution in [0.3, 0.4) is 0 Å². The predicted molar refractivity (Wildman–Crippen MR) is 93.5 cm³/mol. The molecule has 0 unspecified atom stereocenters. The van der Waals surface area contributed by atoms with Gasteiger partial charge in [0, 0.05) is 33.9 Å². The van der Waals surface area contributed by atoms with Gasteiger partial charge < -0.3 is 14.5 Å². The summed E-state index contributed by atoms with van der Waals surface area (Å²) in [5, 5.41) is 0. The molecule has 0 spiro atoms. The fourth-order valence-corrected chi connectivity index (χ4v) is 3.06. The van der Waals surface area contributed by atoms with Crippen molar-refractivity contribution >= 4 is 11.8 Å². The van der Waals surface area contributed by atoms with Crippen molar-refractivity contribution in [1.82, 2.24) is 9.80 Å². The van der Waals surface area contributed by atoms with Crippen LogP contribution in [0.15, 0.2) is 24.3 Å². The highest BCUT2D eigenvalue weighted by molar-refractivity contribution is 5.85. The standard InChI is InChI=1S/C19H27FN2O3/c1-21(18(23)13-16-3-5-17(20)6-4-16)14-19(24)22-10-7-15(8-11-22)9-12-25-2/h3-6,15H,7-14H2,1-2H3. The largest absolute Gasteiger partial charge is 0.385 e. The summed E-state index contributed by atoms with van der Waals surface area (Å²) >= 11 is 0. The van der Waals surface area contributed by atoms with Crippen molar-refractivity contribution in [2.24, 2.45) is 5.92 Å². The van der Waals surface area contributed by atoms with Gasteiger partial charge in [0.2, 0.25) is 11.8 Å². The number of hydrogen-bond acceptors (Lipinski definition) is 3. The predicted octanol–water partition coefficient (Wildman–Crippen LogP) is 2.10. The number of hydrogen-bond donors (Lipinski definition) is 0. The van der Waals surface area contributed by atoms with Crippen LogP contribution in [0.4, 0.5) is 4.39 Å². The van der Waals surface area contributed by atoms with Gasteiger partial charge in [-0.05, 0) is 42.9 Å². The first kappa shape index (κ1) is 19.4. The lowest BCUT2D eigenvalue weighted by Gasteiger charge is -2.33. The molecule has 0 bridgehead atoms. The molecule has 5 nitrogen and oxygen atoms in total. The number of nitrogens with zero attached hydrogens (tertiary/aromatic N) is 2. The number of carbonyl (C=O) groups excluding carboxylic acids is 2. The Labute approximate surface area is 148 Å². The van der Waals surface area contributed by atoms with Gasteiger partial charge in [-0.2, -0.15) is 0 Å². The molecule has 138 valence electrons. The summed E-state index contributed by atoms with van der Waals surface area (Å²) < 4.78 is 18.0. The molecule has 1 fully saturated rings. The lowest BCUT2D eigenvalue weighted by atomic mass is 9.94. The summed E-state index contributed by atoms with van der Waals surface area (Å²) in [6.45, 7) is 2.34. The molecule has 1 aliphatic heterocycles. The van der Waals surface area contributed by atoms with E-state index in [1.807, 2.05) is 4.90 Å². The number of rotatable bonds is 7. The van der Waals surface area contributed by atoms with E-state index in [0.29, 0.717) is 5.92 Å². The van der Waals surface area contributed by atoms with Crippen molar-refractivity contribution in [3.8, 4) is 0 Å². The quantitative estimate of drug-likeness (QED) is 0.757. The van der Waals surface area contributed by atoms with Crippen LogP contribution in [-0.4, -0.2) is 62.0 Å². The van der Waals surface area contributed by atoms with Crippen LogP contribution >= 0.6 is 0 Å². The van der Waals surface area contributed by atoms with E-state index in [1.54, 1.807) is 26.3 Å². The third-order valence-corrected chi connectivity index (χ3v) is 4.76. The molecule has 0 radical (unpaired) electrons. The lowest BCUT2D eigenvalue weighted by Crippen LogP contribution is -2.45. The number of likely N-dealkylation sites (N-methyl/N-ethyl adjacent to an activating group) is 1. The molecule has 2 rings (SSSR count). The van der Waals surface area contributed by atoms with E-state index >= 15 is 0 Å². The molecule has 0 aromatic heterocycles. The Morgan fingerprint density at radius 2 is 1.88 bits per heavy atom. The Balaban J connectivity index is 1.76. The average molecular weight is 350 g/mol. The number of likely N-dealkylation sites (tertiary alicyclic amines) is 1. The third kappa shape index (κ3) is 6.12. The minimum Gasteiger partial charge on any atom is -0.385 e. The third-order valence-electron chi connectivity index (χ3n) is 4.76. The Morgan fingerprint density at radius 3 is 2.48 bits per heavy atom.